The van der Waals surface area contributed by atoms with Gasteiger partial charge in [0.1, 0.15) is 0 Å². The second-order valence-electron chi connectivity index (χ2n) is 3.68. The van der Waals surface area contributed by atoms with Crippen LogP contribution in [-0.2, 0) is 0 Å². The van der Waals surface area contributed by atoms with E-state index < -0.39 is 6.10 Å². The SMILES string of the molecule is CC(C)c1ccc(Cl)cc1C(O)CN. The third-order valence-corrected chi connectivity index (χ3v) is 2.49. The van der Waals surface area contributed by atoms with Crippen LogP contribution in [0, 0.1) is 0 Å². The Morgan fingerprint density at radius 3 is 2.50 bits per heavy atom. The largest absolute Gasteiger partial charge is 0.387 e. The molecule has 3 heteroatoms. The Labute approximate surface area is 89.7 Å². The van der Waals surface area contributed by atoms with Gasteiger partial charge in [-0.05, 0) is 29.2 Å². The normalized spacial score (nSPS) is 13.3. The molecule has 0 fully saturated rings. The van der Waals surface area contributed by atoms with Crippen molar-refractivity contribution >= 4 is 11.6 Å². The molecule has 2 nitrogen and oxygen atoms in total. The number of aliphatic hydroxyl groups is 1. The number of rotatable bonds is 3. The predicted octanol–water partition coefficient (Wildman–Crippen LogP) is 2.46. The molecule has 0 aliphatic rings. The second kappa shape index (κ2) is 4.78. The summed E-state index contributed by atoms with van der Waals surface area (Å²) in [4.78, 5) is 0. The number of benzene rings is 1. The minimum absolute atomic E-state index is 0.222. The lowest BCUT2D eigenvalue weighted by Gasteiger charge is -2.16. The van der Waals surface area contributed by atoms with Gasteiger partial charge in [0, 0.05) is 11.6 Å². The molecule has 1 aromatic carbocycles. The van der Waals surface area contributed by atoms with E-state index in [1.165, 1.54) is 0 Å². The molecule has 3 N–H and O–H groups in total. The Bertz CT molecular complexity index is 312. The summed E-state index contributed by atoms with van der Waals surface area (Å²) < 4.78 is 0. The maximum absolute atomic E-state index is 9.70. The quantitative estimate of drug-likeness (QED) is 0.810. The predicted molar refractivity (Wildman–Crippen MR) is 59.6 cm³/mol. The van der Waals surface area contributed by atoms with E-state index in [-0.39, 0.29) is 6.54 Å². The molecule has 0 heterocycles. The molecule has 14 heavy (non-hydrogen) atoms. The molecule has 1 atom stereocenters. The van der Waals surface area contributed by atoms with E-state index in [4.69, 9.17) is 17.3 Å². The number of halogens is 1. The molecule has 0 saturated carbocycles. The van der Waals surface area contributed by atoms with Gasteiger partial charge in [-0.25, -0.2) is 0 Å². The molecule has 1 unspecified atom stereocenters. The zero-order valence-corrected chi connectivity index (χ0v) is 9.25. The van der Waals surface area contributed by atoms with E-state index in [1.54, 1.807) is 6.07 Å². The van der Waals surface area contributed by atoms with Gasteiger partial charge < -0.3 is 10.8 Å². The highest BCUT2D eigenvalue weighted by Crippen LogP contribution is 2.27. The van der Waals surface area contributed by atoms with E-state index in [0.717, 1.165) is 11.1 Å². The molecule has 0 amide bonds. The lowest BCUT2D eigenvalue weighted by molar-refractivity contribution is 0.185. The summed E-state index contributed by atoms with van der Waals surface area (Å²) in [5.41, 5.74) is 7.38. The van der Waals surface area contributed by atoms with Gasteiger partial charge in [0.15, 0.2) is 0 Å². The van der Waals surface area contributed by atoms with Crippen molar-refractivity contribution in [3.05, 3.63) is 34.3 Å². The summed E-state index contributed by atoms with van der Waals surface area (Å²) >= 11 is 5.87. The Kier molecular flexibility index (Phi) is 3.93. The van der Waals surface area contributed by atoms with E-state index in [0.29, 0.717) is 10.9 Å². The second-order valence-corrected chi connectivity index (χ2v) is 4.12. The van der Waals surface area contributed by atoms with Crippen molar-refractivity contribution in [3.63, 3.8) is 0 Å². The highest BCUT2D eigenvalue weighted by atomic mass is 35.5. The van der Waals surface area contributed by atoms with Gasteiger partial charge in [-0.15, -0.1) is 0 Å². The zero-order valence-electron chi connectivity index (χ0n) is 8.50. The topological polar surface area (TPSA) is 46.2 Å². The van der Waals surface area contributed by atoms with Crippen molar-refractivity contribution in [1.29, 1.82) is 0 Å². The van der Waals surface area contributed by atoms with Crippen LogP contribution in [0.4, 0.5) is 0 Å². The minimum atomic E-state index is -0.619. The van der Waals surface area contributed by atoms with Crippen molar-refractivity contribution in [1.82, 2.24) is 0 Å². The molecular formula is C11H16ClNO. The van der Waals surface area contributed by atoms with Crippen LogP contribution in [0.1, 0.15) is 37.0 Å². The molecule has 0 radical (unpaired) electrons. The van der Waals surface area contributed by atoms with Crippen molar-refractivity contribution in [2.75, 3.05) is 6.54 Å². The van der Waals surface area contributed by atoms with Crippen LogP contribution >= 0.6 is 11.6 Å². The van der Waals surface area contributed by atoms with Gasteiger partial charge in [0.25, 0.3) is 0 Å². The van der Waals surface area contributed by atoms with Gasteiger partial charge in [-0.2, -0.15) is 0 Å². The van der Waals surface area contributed by atoms with Crippen molar-refractivity contribution in [3.8, 4) is 0 Å². The Hall–Kier alpha value is -0.570. The monoisotopic (exact) mass is 213 g/mol. The van der Waals surface area contributed by atoms with E-state index in [2.05, 4.69) is 13.8 Å². The molecule has 1 aromatic rings. The van der Waals surface area contributed by atoms with E-state index >= 15 is 0 Å². The molecule has 0 aliphatic heterocycles. The summed E-state index contributed by atoms with van der Waals surface area (Å²) in [6, 6.07) is 5.57. The number of hydrogen-bond donors (Lipinski definition) is 2. The van der Waals surface area contributed by atoms with Crippen LogP contribution in [0.25, 0.3) is 0 Å². The molecule has 0 aromatic heterocycles. The first-order valence-electron chi connectivity index (χ1n) is 4.73. The number of aliphatic hydroxyl groups excluding tert-OH is 1. The fraction of sp³-hybridized carbons (Fsp3) is 0.455. The summed E-state index contributed by atoms with van der Waals surface area (Å²) in [6.45, 7) is 4.38. The summed E-state index contributed by atoms with van der Waals surface area (Å²) in [6.07, 6.45) is -0.619. The Morgan fingerprint density at radius 1 is 1.36 bits per heavy atom. The first-order chi connectivity index (χ1) is 6.56. The Balaban J connectivity index is 3.15. The lowest BCUT2D eigenvalue weighted by Crippen LogP contribution is -2.13. The summed E-state index contributed by atoms with van der Waals surface area (Å²) in [5.74, 6) is 0.364. The summed E-state index contributed by atoms with van der Waals surface area (Å²) in [7, 11) is 0. The summed E-state index contributed by atoms with van der Waals surface area (Å²) in [5, 5.41) is 10.3. The third-order valence-electron chi connectivity index (χ3n) is 2.25. The van der Waals surface area contributed by atoms with Crippen LogP contribution in [0.15, 0.2) is 18.2 Å². The fourth-order valence-electron chi connectivity index (χ4n) is 1.49. The molecule has 0 bridgehead atoms. The van der Waals surface area contributed by atoms with Crippen LogP contribution in [0.3, 0.4) is 0 Å². The zero-order chi connectivity index (χ0) is 10.7. The maximum atomic E-state index is 9.70. The van der Waals surface area contributed by atoms with Gasteiger partial charge in [0.2, 0.25) is 0 Å². The van der Waals surface area contributed by atoms with Gasteiger partial charge in [-0.1, -0.05) is 31.5 Å². The van der Waals surface area contributed by atoms with Gasteiger partial charge >= 0.3 is 0 Å². The van der Waals surface area contributed by atoms with Crippen molar-refractivity contribution in [2.45, 2.75) is 25.9 Å². The van der Waals surface area contributed by atoms with Crippen LogP contribution in [0.5, 0.6) is 0 Å². The molecule has 1 rings (SSSR count). The van der Waals surface area contributed by atoms with Gasteiger partial charge in [0.05, 0.1) is 6.10 Å². The van der Waals surface area contributed by atoms with Crippen LogP contribution in [0.2, 0.25) is 5.02 Å². The molecule has 0 spiro atoms. The maximum Gasteiger partial charge on any atom is 0.0915 e. The van der Waals surface area contributed by atoms with Crippen molar-refractivity contribution in [2.24, 2.45) is 5.73 Å². The van der Waals surface area contributed by atoms with E-state index in [1.807, 2.05) is 12.1 Å². The first-order valence-corrected chi connectivity index (χ1v) is 5.11. The fourth-order valence-corrected chi connectivity index (χ4v) is 1.67. The third kappa shape index (κ3) is 2.47. The van der Waals surface area contributed by atoms with Crippen LogP contribution < -0.4 is 5.73 Å². The van der Waals surface area contributed by atoms with Crippen molar-refractivity contribution < 1.29 is 5.11 Å². The molecule has 0 saturated heterocycles. The first kappa shape index (κ1) is 11.5. The smallest absolute Gasteiger partial charge is 0.0915 e. The molecular weight excluding hydrogens is 198 g/mol. The number of hydrogen-bond acceptors (Lipinski definition) is 2. The number of nitrogens with two attached hydrogens (primary N) is 1. The molecule has 78 valence electrons. The average Bonchev–Trinajstić information content (AvgIpc) is 2.16. The lowest BCUT2D eigenvalue weighted by atomic mass is 9.94. The van der Waals surface area contributed by atoms with E-state index in [9.17, 15) is 5.11 Å². The average molecular weight is 214 g/mol. The standard InChI is InChI=1S/C11H16ClNO/c1-7(2)9-4-3-8(12)5-10(9)11(14)6-13/h3-5,7,11,14H,6,13H2,1-2H3. The van der Waals surface area contributed by atoms with Crippen LogP contribution in [-0.4, -0.2) is 11.7 Å². The minimum Gasteiger partial charge on any atom is -0.387 e. The van der Waals surface area contributed by atoms with Gasteiger partial charge in [-0.3, -0.25) is 0 Å². The Morgan fingerprint density at radius 2 is 2.00 bits per heavy atom. The highest BCUT2D eigenvalue weighted by Gasteiger charge is 2.13. The molecule has 0 aliphatic carbocycles. The highest BCUT2D eigenvalue weighted by molar-refractivity contribution is 6.30.